The molecule has 0 saturated carbocycles. The maximum absolute atomic E-state index is 13.6. The maximum Gasteiger partial charge on any atom is 0.337 e. The van der Waals surface area contributed by atoms with Crippen molar-refractivity contribution in [3.63, 3.8) is 0 Å². The van der Waals surface area contributed by atoms with E-state index in [1.165, 1.54) is 23.6 Å². The number of nitrogens with zero attached hydrogens (tertiary/aromatic N) is 5. The van der Waals surface area contributed by atoms with Gasteiger partial charge in [-0.15, -0.1) is 5.10 Å². The average Bonchev–Trinajstić information content (AvgIpc) is 3.29. The Labute approximate surface area is 200 Å². The summed E-state index contributed by atoms with van der Waals surface area (Å²) in [5, 5.41) is 12.4. The second kappa shape index (κ2) is 9.48. The normalized spacial score (nSPS) is 12.4. The lowest BCUT2D eigenvalue weighted by Crippen LogP contribution is -2.28. The van der Waals surface area contributed by atoms with E-state index in [-0.39, 0.29) is 11.7 Å². The number of ether oxygens (including phenoxy) is 1. The van der Waals surface area contributed by atoms with Gasteiger partial charge in [0.1, 0.15) is 0 Å². The number of aryl methyl sites for hydroxylation is 2. The SMILES string of the molecule is COC(=O)c1cccc(-n2nnnc2SCC(=O)N2c3ccccc3CCc3ccccc32)c1. The van der Waals surface area contributed by atoms with E-state index in [1.54, 1.807) is 29.2 Å². The van der Waals surface area contributed by atoms with E-state index < -0.39 is 5.97 Å². The number of carbonyl (C=O) groups is 2. The molecule has 9 heteroatoms. The van der Waals surface area contributed by atoms with Crippen molar-refractivity contribution in [1.82, 2.24) is 20.2 Å². The monoisotopic (exact) mass is 471 g/mol. The van der Waals surface area contributed by atoms with Gasteiger partial charge in [-0.1, -0.05) is 54.2 Å². The summed E-state index contributed by atoms with van der Waals surface area (Å²) in [5.74, 6) is -0.373. The predicted molar refractivity (Wildman–Crippen MR) is 129 cm³/mol. The number of carbonyl (C=O) groups excluding carboxylic acids is 2. The van der Waals surface area contributed by atoms with Crippen molar-refractivity contribution in [2.24, 2.45) is 0 Å². The fourth-order valence-corrected chi connectivity index (χ4v) is 4.79. The summed E-state index contributed by atoms with van der Waals surface area (Å²) in [6.45, 7) is 0. The first-order valence-electron chi connectivity index (χ1n) is 10.7. The van der Waals surface area contributed by atoms with Crippen molar-refractivity contribution < 1.29 is 14.3 Å². The molecule has 0 unspecified atom stereocenters. The van der Waals surface area contributed by atoms with Crippen LogP contribution >= 0.6 is 11.8 Å². The van der Waals surface area contributed by atoms with Crippen molar-refractivity contribution in [3.8, 4) is 5.69 Å². The number of rotatable bonds is 5. The number of fused-ring (bicyclic) bond motifs is 2. The van der Waals surface area contributed by atoms with Crippen LogP contribution in [0, 0.1) is 0 Å². The van der Waals surface area contributed by atoms with E-state index in [9.17, 15) is 9.59 Å². The summed E-state index contributed by atoms with van der Waals surface area (Å²) >= 11 is 1.25. The van der Waals surface area contributed by atoms with Crippen LogP contribution in [-0.4, -0.2) is 44.9 Å². The second-order valence-corrected chi connectivity index (χ2v) is 8.63. The molecule has 170 valence electrons. The minimum Gasteiger partial charge on any atom is -0.465 e. The number of para-hydroxylation sites is 2. The molecule has 34 heavy (non-hydrogen) atoms. The quantitative estimate of drug-likeness (QED) is 0.321. The third-order valence-electron chi connectivity index (χ3n) is 5.66. The van der Waals surface area contributed by atoms with Crippen LogP contribution in [0.1, 0.15) is 21.5 Å². The number of hydrogen-bond acceptors (Lipinski definition) is 7. The molecule has 1 aliphatic rings. The Morgan fingerprint density at radius 2 is 1.62 bits per heavy atom. The standard InChI is InChI=1S/C25H21N5O3S/c1-33-24(32)19-9-6-10-20(15-19)30-25(26-27-28-30)34-16-23(31)29-21-11-4-2-7-17(21)13-14-18-8-3-5-12-22(18)29/h2-12,15H,13-14,16H2,1H3. The summed E-state index contributed by atoms with van der Waals surface area (Å²) in [6.07, 6.45) is 1.75. The molecule has 1 aliphatic heterocycles. The zero-order chi connectivity index (χ0) is 23.5. The predicted octanol–water partition coefficient (Wildman–Crippen LogP) is 4.00. The fourth-order valence-electron chi connectivity index (χ4n) is 4.05. The van der Waals surface area contributed by atoms with Crippen molar-refractivity contribution in [2.45, 2.75) is 18.0 Å². The lowest BCUT2D eigenvalue weighted by molar-refractivity contribution is -0.115. The van der Waals surface area contributed by atoms with Crippen molar-refractivity contribution >= 4 is 35.0 Å². The molecule has 0 spiro atoms. The number of tetrazole rings is 1. The van der Waals surface area contributed by atoms with Crippen LogP contribution in [0.15, 0.2) is 78.0 Å². The molecule has 0 saturated heterocycles. The molecule has 4 aromatic rings. The van der Waals surface area contributed by atoms with Gasteiger partial charge >= 0.3 is 5.97 Å². The zero-order valence-electron chi connectivity index (χ0n) is 18.4. The smallest absolute Gasteiger partial charge is 0.337 e. The number of amides is 1. The van der Waals surface area contributed by atoms with E-state index >= 15 is 0 Å². The number of esters is 1. The number of hydrogen-bond donors (Lipinski definition) is 0. The van der Waals surface area contributed by atoms with E-state index in [4.69, 9.17) is 4.74 Å². The first-order valence-corrected chi connectivity index (χ1v) is 11.7. The van der Waals surface area contributed by atoms with Crippen molar-refractivity contribution in [3.05, 3.63) is 89.5 Å². The van der Waals surface area contributed by atoms with Gasteiger partial charge in [0, 0.05) is 0 Å². The Kier molecular flexibility index (Phi) is 6.09. The molecule has 0 fully saturated rings. The molecule has 0 N–H and O–H groups in total. The van der Waals surface area contributed by atoms with Gasteiger partial charge in [0.2, 0.25) is 11.1 Å². The largest absolute Gasteiger partial charge is 0.465 e. The van der Waals surface area contributed by atoms with Gasteiger partial charge in [-0.05, 0) is 64.7 Å². The summed E-state index contributed by atoms with van der Waals surface area (Å²) in [5.41, 5.74) is 5.09. The molecule has 0 aliphatic carbocycles. The molecule has 2 heterocycles. The molecular formula is C25H21N5O3S. The minimum atomic E-state index is -0.446. The highest BCUT2D eigenvalue weighted by Gasteiger charge is 2.26. The average molecular weight is 472 g/mol. The highest BCUT2D eigenvalue weighted by Crippen LogP contribution is 2.36. The van der Waals surface area contributed by atoms with Gasteiger partial charge < -0.3 is 4.74 Å². The Morgan fingerprint density at radius 3 is 2.29 bits per heavy atom. The molecule has 0 atom stereocenters. The molecule has 1 amide bonds. The van der Waals surface area contributed by atoms with Gasteiger partial charge in [-0.2, -0.15) is 4.68 Å². The second-order valence-electron chi connectivity index (χ2n) is 7.69. The maximum atomic E-state index is 13.6. The van der Waals surface area contributed by atoms with E-state index in [2.05, 4.69) is 27.7 Å². The van der Waals surface area contributed by atoms with Crippen LogP contribution in [-0.2, 0) is 22.4 Å². The highest BCUT2D eigenvalue weighted by molar-refractivity contribution is 7.99. The number of methoxy groups -OCH3 is 1. The third kappa shape index (κ3) is 4.17. The number of thioether (sulfide) groups is 1. The first kappa shape index (κ1) is 21.8. The van der Waals surface area contributed by atoms with Gasteiger partial charge in [-0.25, -0.2) is 4.79 Å². The van der Waals surface area contributed by atoms with Gasteiger partial charge in [0.25, 0.3) is 0 Å². The Hall–Kier alpha value is -3.98. The Bertz CT molecular complexity index is 1320. The number of benzene rings is 3. The Balaban J connectivity index is 1.42. The van der Waals surface area contributed by atoms with Gasteiger partial charge in [-0.3, -0.25) is 9.69 Å². The third-order valence-corrected chi connectivity index (χ3v) is 6.56. The van der Waals surface area contributed by atoms with Crippen LogP contribution in [0.25, 0.3) is 5.69 Å². The molecule has 8 nitrogen and oxygen atoms in total. The molecule has 0 bridgehead atoms. The summed E-state index contributed by atoms with van der Waals surface area (Å²) in [6, 6.07) is 22.9. The van der Waals surface area contributed by atoms with Crippen LogP contribution in [0.2, 0.25) is 0 Å². The lowest BCUT2D eigenvalue weighted by atomic mass is 10.0. The minimum absolute atomic E-state index is 0.0651. The van der Waals surface area contributed by atoms with Gasteiger partial charge in [0.15, 0.2) is 0 Å². The molecule has 1 aromatic heterocycles. The summed E-state index contributed by atoms with van der Waals surface area (Å²) in [4.78, 5) is 27.3. The fraction of sp³-hybridized carbons (Fsp3) is 0.160. The van der Waals surface area contributed by atoms with E-state index in [1.807, 2.05) is 36.4 Å². The Morgan fingerprint density at radius 1 is 0.941 bits per heavy atom. The lowest BCUT2D eigenvalue weighted by Gasteiger charge is -2.24. The van der Waals surface area contributed by atoms with Gasteiger partial charge in [0.05, 0.1) is 35.5 Å². The summed E-state index contributed by atoms with van der Waals surface area (Å²) in [7, 11) is 1.33. The molecule has 3 aromatic carbocycles. The van der Waals surface area contributed by atoms with E-state index in [0.717, 1.165) is 35.3 Å². The van der Waals surface area contributed by atoms with Crippen molar-refractivity contribution in [2.75, 3.05) is 17.8 Å². The molecule has 0 radical (unpaired) electrons. The zero-order valence-corrected chi connectivity index (χ0v) is 19.2. The molecular weight excluding hydrogens is 450 g/mol. The van der Waals surface area contributed by atoms with E-state index in [0.29, 0.717) is 16.4 Å². The van der Waals surface area contributed by atoms with Crippen LogP contribution in [0.5, 0.6) is 0 Å². The summed E-state index contributed by atoms with van der Waals surface area (Å²) < 4.78 is 6.31. The van der Waals surface area contributed by atoms with Crippen LogP contribution < -0.4 is 4.90 Å². The molecule has 5 rings (SSSR count). The number of anilines is 2. The number of aromatic nitrogens is 4. The van der Waals surface area contributed by atoms with Crippen LogP contribution in [0.4, 0.5) is 11.4 Å². The van der Waals surface area contributed by atoms with Crippen molar-refractivity contribution in [1.29, 1.82) is 0 Å². The topological polar surface area (TPSA) is 90.2 Å². The first-order chi connectivity index (χ1) is 16.7. The van der Waals surface area contributed by atoms with Crippen LogP contribution in [0.3, 0.4) is 0 Å². The highest BCUT2D eigenvalue weighted by atomic mass is 32.2.